The Labute approximate surface area is 70.5 Å². The summed E-state index contributed by atoms with van der Waals surface area (Å²) in [5.41, 5.74) is 0. The molecule has 0 radical (unpaired) electrons. The van der Waals surface area contributed by atoms with E-state index in [0.29, 0.717) is 0 Å². The lowest BCUT2D eigenvalue weighted by Gasteiger charge is -2.02. The minimum atomic E-state index is 0.898. The molecule has 3 nitrogen and oxygen atoms in total. The first-order valence-corrected chi connectivity index (χ1v) is 3.78. The van der Waals surface area contributed by atoms with Gasteiger partial charge in [-0.2, -0.15) is 0 Å². The highest BCUT2D eigenvalue weighted by molar-refractivity contribution is 5.90. The number of rotatable bonds is 1. The topological polar surface area (TPSA) is 37.8 Å². The number of aromatic nitrogens is 2. The predicted octanol–water partition coefficient (Wildman–Crippen LogP) is 1.67. The second-order valence-electron chi connectivity index (χ2n) is 2.51. The van der Waals surface area contributed by atoms with E-state index in [2.05, 4.69) is 15.3 Å². The maximum absolute atomic E-state index is 4.19. The van der Waals surface area contributed by atoms with Gasteiger partial charge in [-0.15, -0.1) is 0 Å². The number of fused-ring (bicyclic) bond motifs is 1. The Morgan fingerprint density at radius 1 is 1.25 bits per heavy atom. The van der Waals surface area contributed by atoms with Crippen molar-refractivity contribution in [2.24, 2.45) is 0 Å². The van der Waals surface area contributed by atoms with Gasteiger partial charge in [-0.3, -0.25) is 4.98 Å². The van der Waals surface area contributed by atoms with E-state index in [4.69, 9.17) is 0 Å². The van der Waals surface area contributed by atoms with Crippen molar-refractivity contribution in [3.05, 3.63) is 30.7 Å². The van der Waals surface area contributed by atoms with Crippen molar-refractivity contribution in [3.8, 4) is 0 Å². The molecule has 0 atom stereocenters. The van der Waals surface area contributed by atoms with Crippen molar-refractivity contribution in [2.75, 3.05) is 12.4 Å². The van der Waals surface area contributed by atoms with Gasteiger partial charge >= 0.3 is 0 Å². The van der Waals surface area contributed by atoms with E-state index in [1.807, 2.05) is 25.4 Å². The molecule has 0 saturated heterocycles. The molecule has 2 aromatic heterocycles. The van der Waals surface area contributed by atoms with E-state index in [1.54, 1.807) is 12.4 Å². The largest absolute Gasteiger partial charge is 0.373 e. The van der Waals surface area contributed by atoms with E-state index in [1.165, 1.54) is 0 Å². The minimum Gasteiger partial charge on any atom is -0.373 e. The molecule has 0 bridgehead atoms. The Kier molecular flexibility index (Phi) is 1.63. The van der Waals surface area contributed by atoms with Crippen LogP contribution in [0.25, 0.3) is 10.8 Å². The van der Waals surface area contributed by atoms with Gasteiger partial charge in [-0.25, -0.2) is 4.98 Å². The van der Waals surface area contributed by atoms with Crippen LogP contribution in [0.3, 0.4) is 0 Å². The molecule has 0 amide bonds. The normalized spacial score (nSPS) is 10.1. The molecule has 3 heteroatoms. The molecule has 0 saturated carbocycles. The molecular weight excluding hydrogens is 150 g/mol. The fourth-order valence-electron chi connectivity index (χ4n) is 1.22. The molecule has 0 fully saturated rings. The molecule has 0 aliphatic carbocycles. The maximum Gasteiger partial charge on any atom is 0.133 e. The van der Waals surface area contributed by atoms with Crippen molar-refractivity contribution in [1.29, 1.82) is 0 Å². The number of hydrogen-bond acceptors (Lipinski definition) is 3. The maximum atomic E-state index is 4.19. The molecule has 0 aromatic carbocycles. The first kappa shape index (κ1) is 7.03. The molecule has 0 unspecified atom stereocenters. The number of anilines is 1. The summed E-state index contributed by atoms with van der Waals surface area (Å²) in [5, 5.41) is 5.25. The van der Waals surface area contributed by atoms with Crippen LogP contribution in [0.4, 0.5) is 5.82 Å². The Bertz CT molecular complexity index is 392. The van der Waals surface area contributed by atoms with Crippen molar-refractivity contribution < 1.29 is 0 Å². The van der Waals surface area contributed by atoms with Gasteiger partial charge in [0.15, 0.2) is 0 Å². The summed E-state index contributed by atoms with van der Waals surface area (Å²) in [7, 11) is 1.86. The molecule has 0 spiro atoms. The lowest BCUT2D eigenvalue weighted by molar-refractivity contribution is 1.30. The fourth-order valence-corrected chi connectivity index (χ4v) is 1.22. The summed E-state index contributed by atoms with van der Waals surface area (Å²) >= 11 is 0. The van der Waals surface area contributed by atoms with Crippen LogP contribution in [0.5, 0.6) is 0 Å². The molecule has 1 N–H and O–H groups in total. The third kappa shape index (κ3) is 0.993. The molecule has 2 aromatic rings. The van der Waals surface area contributed by atoms with Crippen molar-refractivity contribution in [1.82, 2.24) is 9.97 Å². The van der Waals surface area contributed by atoms with Gasteiger partial charge in [0.2, 0.25) is 0 Å². The average molecular weight is 159 g/mol. The summed E-state index contributed by atoms with van der Waals surface area (Å²) in [5.74, 6) is 0.898. The third-order valence-corrected chi connectivity index (χ3v) is 1.80. The van der Waals surface area contributed by atoms with Crippen LogP contribution in [0.1, 0.15) is 0 Å². The zero-order valence-electron chi connectivity index (χ0n) is 6.78. The smallest absolute Gasteiger partial charge is 0.133 e. The second kappa shape index (κ2) is 2.77. The average Bonchev–Trinajstić information content (AvgIpc) is 2.17. The molecule has 2 rings (SSSR count). The highest BCUT2D eigenvalue weighted by Crippen LogP contribution is 2.18. The van der Waals surface area contributed by atoms with Crippen LogP contribution < -0.4 is 5.32 Å². The summed E-state index contributed by atoms with van der Waals surface area (Å²) < 4.78 is 0. The van der Waals surface area contributed by atoms with Crippen LogP contribution in [0, 0.1) is 0 Å². The number of nitrogens with one attached hydrogen (secondary N) is 1. The van der Waals surface area contributed by atoms with E-state index in [9.17, 15) is 0 Å². The van der Waals surface area contributed by atoms with Gasteiger partial charge < -0.3 is 5.32 Å². The SMILES string of the molecule is CNc1nccc2cnccc12. The van der Waals surface area contributed by atoms with Crippen LogP contribution in [0.15, 0.2) is 30.7 Å². The predicted molar refractivity (Wildman–Crippen MR) is 49.1 cm³/mol. The summed E-state index contributed by atoms with van der Waals surface area (Å²) in [6.07, 6.45) is 5.37. The van der Waals surface area contributed by atoms with Gasteiger partial charge in [0, 0.05) is 36.4 Å². The van der Waals surface area contributed by atoms with E-state index >= 15 is 0 Å². The fraction of sp³-hybridized carbons (Fsp3) is 0.111. The van der Waals surface area contributed by atoms with Crippen molar-refractivity contribution >= 4 is 16.6 Å². The summed E-state index contributed by atoms with van der Waals surface area (Å²) in [4.78, 5) is 8.22. The van der Waals surface area contributed by atoms with E-state index in [-0.39, 0.29) is 0 Å². The number of pyridine rings is 2. The minimum absolute atomic E-state index is 0.898. The lowest BCUT2D eigenvalue weighted by atomic mass is 10.2. The quantitative estimate of drug-likeness (QED) is 0.687. The summed E-state index contributed by atoms with van der Waals surface area (Å²) in [6, 6.07) is 3.90. The van der Waals surface area contributed by atoms with Crippen LogP contribution in [-0.4, -0.2) is 17.0 Å². The lowest BCUT2D eigenvalue weighted by Crippen LogP contribution is -1.92. The standard InChI is InChI=1S/C9H9N3/c1-10-9-8-3-4-11-6-7(8)2-5-12-9/h2-6H,1H3,(H,10,12). The van der Waals surface area contributed by atoms with Crippen molar-refractivity contribution in [2.45, 2.75) is 0 Å². The Balaban J connectivity index is 2.79. The van der Waals surface area contributed by atoms with Gasteiger partial charge in [0.25, 0.3) is 0 Å². The number of nitrogens with zero attached hydrogens (tertiary/aromatic N) is 2. The first-order valence-electron chi connectivity index (χ1n) is 3.78. The van der Waals surface area contributed by atoms with Crippen LogP contribution >= 0.6 is 0 Å². The highest BCUT2D eigenvalue weighted by atomic mass is 14.9. The van der Waals surface area contributed by atoms with Gasteiger partial charge in [-0.1, -0.05) is 0 Å². The molecule has 2 heterocycles. The number of hydrogen-bond donors (Lipinski definition) is 1. The molecule has 0 aliphatic heterocycles. The zero-order chi connectivity index (χ0) is 8.39. The zero-order valence-corrected chi connectivity index (χ0v) is 6.78. The van der Waals surface area contributed by atoms with E-state index < -0.39 is 0 Å². The molecule has 0 aliphatic rings. The van der Waals surface area contributed by atoms with Crippen LogP contribution in [-0.2, 0) is 0 Å². The van der Waals surface area contributed by atoms with Gasteiger partial charge in [-0.05, 0) is 12.1 Å². The Morgan fingerprint density at radius 3 is 3.00 bits per heavy atom. The molecular formula is C9H9N3. The van der Waals surface area contributed by atoms with E-state index in [0.717, 1.165) is 16.6 Å². The molecule has 60 valence electrons. The Morgan fingerprint density at radius 2 is 2.17 bits per heavy atom. The van der Waals surface area contributed by atoms with Gasteiger partial charge in [0.1, 0.15) is 5.82 Å². The Hall–Kier alpha value is -1.64. The van der Waals surface area contributed by atoms with Gasteiger partial charge in [0.05, 0.1) is 0 Å². The highest BCUT2D eigenvalue weighted by Gasteiger charge is 1.97. The van der Waals surface area contributed by atoms with Crippen molar-refractivity contribution in [3.63, 3.8) is 0 Å². The summed E-state index contributed by atoms with van der Waals surface area (Å²) in [6.45, 7) is 0. The van der Waals surface area contributed by atoms with Crippen LogP contribution in [0.2, 0.25) is 0 Å². The molecule has 12 heavy (non-hydrogen) atoms. The first-order chi connectivity index (χ1) is 5.92. The monoisotopic (exact) mass is 159 g/mol. The second-order valence-corrected chi connectivity index (χ2v) is 2.51. The third-order valence-electron chi connectivity index (χ3n) is 1.80.